The fourth-order valence-electron chi connectivity index (χ4n) is 1.93. The van der Waals surface area contributed by atoms with Gasteiger partial charge in [-0.3, -0.25) is 4.57 Å². The highest BCUT2D eigenvalue weighted by atomic mass is 16.5. The molecule has 1 aromatic heterocycles. The molecular weight excluding hydrogens is 242 g/mol. The molecule has 1 heterocycles. The molecule has 0 saturated carbocycles. The van der Waals surface area contributed by atoms with Crippen molar-refractivity contribution < 1.29 is 9.47 Å². The Morgan fingerprint density at radius 3 is 2.37 bits per heavy atom. The first kappa shape index (κ1) is 13.5. The fraction of sp³-hybridized carbons (Fsp3) is 0.429. The normalized spacial score (nSPS) is 12.7. The van der Waals surface area contributed by atoms with Crippen molar-refractivity contribution in [2.24, 2.45) is 0 Å². The van der Waals surface area contributed by atoms with Gasteiger partial charge in [0.25, 0.3) is 0 Å². The molecule has 0 fully saturated rings. The van der Waals surface area contributed by atoms with Crippen molar-refractivity contribution in [2.75, 3.05) is 7.11 Å². The lowest BCUT2D eigenvalue weighted by molar-refractivity contribution is 0.0119. The molecule has 0 N–H and O–H groups in total. The Morgan fingerprint density at radius 2 is 1.79 bits per heavy atom. The number of nitrogens with zero attached hydrogens (tertiary/aromatic N) is 3. The van der Waals surface area contributed by atoms with Gasteiger partial charge in [0, 0.05) is 5.69 Å². The van der Waals surface area contributed by atoms with E-state index in [2.05, 4.69) is 10.2 Å². The van der Waals surface area contributed by atoms with Gasteiger partial charge < -0.3 is 9.47 Å². The third kappa shape index (κ3) is 3.12. The quantitative estimate of drug-likeness (QED) is 0.830. The minimum Gasteiger partial charge on any atom is -0.497 e. The molecule has 0 saturated heterocycles. The summed E-state index contributed by atoms with van der Waals surface area (Å²) in [6.45, 7) is 5.99. The molecule has 0 amide bonds. The minimum absolute atomic E-state index is 0.107. The second-order valence-corrected chi connectivity index (χ2v) is 4.58. The molecule has 0 aliphatic carbocycles. The van der Waals surface area contributed by atoms with E-state index < -0.39 is 0 Å². The van der Waals surface area contributed by atoms with Crippen molar-refractivity contribution in [3.05, 3.63) is 36.4 Å². The van der Waals surface area contributed by atoms with Crippen molar-refractivity contribution in [3.63, 3.8) is 0 Å². The molecule has 1 aromatic carbocycles. The highest BCUT2D eigenvalue weighted by Gasteiger charge is 2.16. The van der Waals surface area contributed by atoms with Crippen LogP contribution >= 0.6 is 0 Å². The largest absolute Gasteiger partial charge is 0.497 e. The van der Waals surface area contributed by atoms with Crippen LogP contribution in [0.3, 0.4) is 0 Å². The van der Waals surface area contributed by atoms with Gasteiger partial charge in [0.2, 0.25) is 0 Å². The van der Waals surface area contributed by atoms with Crippen molar-refractivity contribution in [1.29, 1.82) is 0 Å². The van der Waals surface area contributed by atoms with Crippen LogP contribution in [0.15, 0.2) is 30.6 Å². The fourth-order valence-corrected chi connectivity index (χ4v) is 1.93. The van der Waals surface area contributed by atoms with E-state index in [0.717, 1.165) is 17.3 Å². The van der Waals surface area contributed by atoms with Gasteiger partial charge in [-0.25, -0.2) is 0 Å². The predicted octanol–water partition coefficient (Wildman–Crippen LogP) is 2.76. The van der Waals surface area contributed by atoms with Gasteiger partial charge in [0.1, 0.15) is 18.2 Å². The van der Waals surface area contributed by atoms with Crippen LogP contribution in [0.25, 0.3) is 5.69 Å². The highest BCUT2D eigenvalue weighted by Crippen LogP contribution is 2.21. The molecule has 19 heavy (non-hydrogen) atoms. The SMILES string of the molecule is COc1ccc(-n2cnnc2[C@@H](C)OC(C)C)cc1. The molecule has 0 aliphatic rings. The summed E-state index contributed by atoms with van der Waals surface area (Å²) in [4.78, 5) is 0. The van der Waals surface area contributed by atoms with Gasteiger partial charge in [-0.15, -0.1) is 10.2 Å². The van der Waals surface area contributed by atoms with E-state index in [0.29, 0.717) is 0 Å². The molecule has 2 aromatic rings. The third-order valence-electron chi connectivity index (χ3n) is 2.76. The van der Waals surface area contributed by atoms with Gasteiger partial charge in [0.05, 0.1) is 13.2 Å². The molecule has 5 heteroatoms. The molecule has 102 valence electrons. The summed E-state index contributed by atoms with van der Waals surface area (Å²) in [6.07, 6.45) is 1.73. The number of aromatic nitrogens is 3. The second kappa shape index (κ2) is 5.84. The molecule has 1 atom stereocenters. The van der Waals surface area contributed by atoms with Crippen molar-refractivity contribution in [1.82, 2.24) is 14.8 Å². The molecule has 0 bridgehead atoms. The predicted molar refractivity (Wildman–Crippen MR) is 72.5 cm³/mol. The number of benzene rings is 1. The monoisotopic (exact) mass is 261 g/mol. The first-order valence-electron chi connectivity index (χ1n) is 6.31. The first-order chi connectivity index (χ1) is 9.11. The molecule has 0 radical (unpaired) electrons. The van der Waals surface area contributed by atoms with E-state index in [1.807, 2.05) is 49.6 Å². The lowest BCUT2D eigenvalue weighted by Crippen LogP contribution is -2.12. The summed E-state index contributed by atoms with van der Waals surface area (Å²) in [5, 5.41) is 8.12. The molecular formula is C14H19N3O2. The van der Waals surface area contributed by atoms with Crippen LogP contribution in [0.1, 0.15) is 32.7 Å². The summed E-state index contributed by atoms with van der Waals surface area (Å²) in [6, 6.07) is 7.75. The Bertz CT molecular complexity index is 520. The Balaban J connectivity index is 2.27. The molecule has 0 spiro atoms. The molecule has 2 rings (SSSR count). The number of ether oxygens (including phenoxy) is 2. The van der Waals surface area contributed by atoms with Crippen molar-refractivity contribution in [3.8, 4) is 11.4 Å². The standard InChI is InChI=1S/C14H19N3O2/c1-10(2)19-11(3)14-16-15-9-17(14)12-5-7-13(18-4)8-6-12/h5-11H,1-4H3/t11-/m1/s1. The van der Waals surface area contributed by atoms with Gasteiger partial charge in [0.15, 0.2) is 5.82 Å². The van der Waals surface area contributed by atoms with E-state index in [4.69, 9.17) is 9.47 Å². The maximum atomic E-state index is 5.75. The van der Waals surface area contributed by atoms with Gasteiger partial charge in [-0.1, -0.05) is 0 Å². The molecule has 5 nitrogen and oxygen atoms in total. The van der Waals surface area contributed by atoms with Crippen LogP contribution in [0, 0.1) is 0 Å². The maximum absolute atomic E-state index is 5.75. The summed E-state index contributed by atoms with van der Waals surface area (Å²) in [5.74, 6) is 1.61. The summed E-state index contributed by atoms with van der Waals surface area (Å²) >= 11 is 0. The zero-order valence-corrected chi connectivity index (χ0v) is 11.7. The van der Waals surface area contributed by atoms with Crippen LogP contribution in [0.5, 0.6) is 5.75 Å². The Hall–Kier alpha value is -1.88. The van der Waals surface area contributed by atoms with E-state index in [1.165, 1.54) is 0 Å². The van der Waals surface area contributed by atoms with Crippen LogP contribution < -0.4 is 4.74 Å². The molecule has 0 aliphatic heterocycles. The Labute approximate surface area is 113 Å². The second-order valence-electron chi connectivity index (χ2n) is 4.58. The van der Waals surface area contributed by atoms with Crippen LogP contribution in [0.4, 0.5) is 0 Å². The van der Waals surface area contributed by atoms with Crippen molar-refractivity contribution in [2.45, 2.75) is 33.0 Å². The zero-order chi connectivity index (χ0) is 13.8. The minimum atomic E-state index is -0.107. The van der Waals surface area contributed by atoms with E-state index >= 15 is 0 Å². The van der Waals surface area contributed by atoms with Crippen LogP contribution in [0.2, 0.25) is 0 Å². The number of rotatable bonds is 5. The van der Waals surface area contributed by atoms with Gasteiger partial charge >= 0.3 is 0 Å². The van der Waals surface area contributed by atoms with Gasteiger partial charge in [-0.05, 0) is 45.0 Å². The third-order valence-corrected chi connectivity index (χ3v) is 2.76. The zero-order valence-electron chi connectivity index (χ0n) is 11.7. The summed E-state index contributed by atoms with van der Waals surface area (Å²) in [5.41, 5.74) is 0.986. The topological polar surface area (TPSA) is 49.2 Å². The van der Waals surface area contributed by atoms with Gasteiger partial charge in [-0.2, -0.15) is 0 Å². The first-order valence-corrected chi connectivity index (χ1v) is 6.31. The highest BCUT2D eigenvalue weighted by molar-refractivity contribution is 5.38. The Morgan fingerprint density at radius 1 is 1.11 bits per heavy atom. The number of methoxy groups -OCH3 is 1. The van der Waals surface area contributed by atoms with Crippen molar-refractivity contribution >= 4 is 0 Å². The average molecular weight is 261 g/mol. The van der Waals surface area contributed by atoms with Crippen LogP contribution in [-0.4, -0.2) is 28.0 Å². The van der Waals surface area contributed by atoms with E-state index in [1.54, 1.807) is 13.4 Å². The lowest BCUT2D eigenvalue weighted by atomic mass is 10.3. The molecule has 0 unspecified atom stereocenters. The average Bonchev–Trinajstić information content (AvgIpc) is 2.87. The summed E-state index contributed by atoms with van der Waals surface area (Å²) in [7, 11) is 1.65. The maximum Gasteiger partial charge on any atom is 0.166 e. The Kier molecular flexibility index (Phi) is 4.16. The number of hydrogen-bond donors (Lipinski definition) is 0. The summed E-state index contributed by atoms with van der Waals surface area (Å²) < 4.78 is 12.8. The van der Waals surface area contributed by atoms with E-state index in [-0.39, 0.29) is 12.2 Å². The van der Waals surface area contributed by atoms with E-state index in [9.17, 15) is 0 Å². The lowest BCUT2D eigenvalue weighted by Gasteiger charge is -2.16. The van der Waals surface area contributed by atoms with Crippen LogP contribution in [-0.2, 0) is 4.74 Å². The number of hydrogen-bond acceptors (Lipinski definition) is 4. The smallest absolute Gasteiger partial charge is 0.166 e.